The maximum absolute atomic E-state index is 13.0. The average Bonchev–Trinajstić information content (AvgIpc) is 3.00. The number of pyridine rings is 1. The lowest BCUT2D eigenvalue weighted by Crippen LogP contribution is -2.33. The zero-order valence-corrected chi connectivity index (χ0v) is 15.1. The van der Waals surface area contributed by atoms with Crippen LogP contribution in [-0.4, -0.2) is 28.5 Å². The number of amides is 1. The van der Waals surface area contributed by atoms with Crippen molar-refractivity contribution >= 4 is 33.5 Å². The third-order valence-corrected chi connectivity index (χ3v) is 4.69. The first kappa shape index (κ1) is 16.5. The maximum Gasteiger partial charge on any atom is 0.371 e. The number of halogens is 1. The summed E-state index contributed by atoms with van der Waals surface area (Å²) in [6, 6.07) is 14.0. The number of carbonyl (C=O) groups is 2. The molecule has 0 radical (unpaired) electrons. The van der Waals surface area contributed by atoms with E-state index in [9.17, 15) is 14.7 Å². The summed E-state index contributed by atoms with van der Waals surface area (Å²) < 4.78 is 6.15. The Balaban J connectivity index is 1.81. The Hall–Kier alpha value is -2.93. The number of nitrogens with zero attached hydrogens (tertiary/aromatic N) is 2. The Kier molecular flexibility index (Phi) is 4.08. The molecule has 3 heterocycles. The van der Waals surface area contributed by atoms with E-state index in [1.165, 1.54) is 6.07 Å². The molecule has 1 N–H and O–H groups in total. The Morgan fingerprint density at radius 2 is 1.96 bits per heavy atom. The van der Waals surface area contributed by atoms with Crippen LogP contribution in [0.3, 0.4) is 0 Å². The van der Waals surface area contributed by atoms with E-state index in [0.29, 0.717) is 40.3 Å². The van der Waals surface area contributed by atoms with Crippen LogP contribution in [-0.2, 0) is 6.42 Å². The molecule has 4 rings (SSSR count). The molecule has 130 valence electrons. The number of aromatic nitrogens is 1. The SMILES string of the molecule is O=C(O)c1cc2c(o1)-c1ccccc1N(C(=O)c1cccc(Br)n1)CC2. The highest BCUT2D eigenvalue weighted by atomic mass is 79.9. The molecule has 1 aliphatic rings. The summed E-state index contributed by atoms with van der Waals surface area (Å²) in [6.45, 7) is 0.398. The Morgan fingerprint density at radius 1 is 1.15 bits per heavy atom. The van der Waals surface area contributed by atoms with Gasteiger partial charge in [-0.3, -0.25) is 4.79 Å². The van der Waals surface area contributed by atoms with Crippen molar-refractivity contribution in [1.29, 1.82) is 0 Å². The molecule has 7 heteroatoms. The molecule has 0 aliphatic carbocycles. The van der Waals surface area contributed by atoms with Gasteiger partial charge in [-0.2, -0.15) is 0 Å². The van der Waals surface area contributed by atoms with Crippen LogP contribution >= 0.6 is 15.9 Å². The lowest BCUT2D eigenvalue weighted by molar-refractivity contribution is 0.0663. The van der Waals surface area contributed by atoms with Crippen molar-refractivity contribution in [1.82, 2.24) is 4.98 Å². The fourth-order valence-electron chi connectivity index (χ4n) is 3.08. The second-order valence-electron chi connectivity index (χ2n) is 5.84. The predicted molar refractivity (Wildman–Crippen MR) is 98.4 cm³/mol. The zero-order chi connectivity index (χ0) is 18.3. The molecule has 1 amide bonds. The van der Waals surface area contributed by atoms with Crippen LogP contribution in [0.1, 0.15) is 26.6 Å². The minimum atomic E-state index is -1.11. The van der Waals surface area contributed by atoms with E-state index >= 15 is 0 Å². The number of fused-ring (bicyclic) bond motifs is 3. The minimum absolute atomic E-state index is 0.0989. The molecule has 0 atom stereocenters. The van der Waals surface area contributed by atoms with Gasteiger partial charge in [-0.25, -0.2) is 9.78 Å². The molecule has 3 aromatic rings. The molecule has 26 heavy (non-hydrogen) atoms. The van der Waals surface area contributed by atoms with E-state index in [1.54, 1.807) is 23.1 Å². The van der Waals surface area contributed by atoms with Crippen LogP contribution < -0.4 is 4.90 Å². The number of benzene rings is 1. The van der Waals surface area contributed by atoms with Crippen LogP contribution in [0.15, 0.2) is 57.6 Å². The van der Waals surface area contributed by atoms with Gasteiger partial charge in [0.2, 0.25) is 5.76 Å². The van der Waals surface area contributed by atoms with E-state index in [0.717, 1.165) is 5.56 Å². The Bertz CT molecular complexity index is 1030. The van der Waals surface area contributed by atoms with Crippen LogP contribution in [0.2, 0.25) is 0 Å². The number of carboxylic acids is 1. The second kappa shape index (κ2) is 6.42. The van der Waals surface area contributed by atoms with Gasteiger partial charge in [-0.05, 0) is 52.7 Å². The van der Waals surface area contributed by atoms with Gasteiger partial charge < -0.3 is 14.4 Å². The quantitative estimate of drug-likeness (QED) is 0.642. The van der Waals surface area contributed by atoms with Crippen molar-refractivity contribution in [3.8, 4) is 11.3 Å². The predicted octanol–water partition coefficient (Wildman–Crippen LogP) is 4.01. The number of aromatic carboxylic acids is 1. The van der Waals surface area contributed by atoms with Crippen LogP contribution in [0.5, 0.6) is 0 Å². The summed E-state index contributed by atoms with van der Waals surface area (Å²) >= 11 is 3.29. The smallest absolute Gasteiger partial charge is 0.371 e. The second-order valence-corrected chi connectivity index (χ2v) is 6.65. The number of rotatable bonds is 2. The number of hydrogen-bond acceptors (Lipinski definition) is 4. The first-order valence-corrected chi connectivity index (χ1v) is 8.74. The topological polar surface area (TPSA) is 83.6 Å². The van der Waals surface area contributed by atoms with E-state index in [2.05, 4.69) is 20.9 Å². The molecule has 0 unspecified atom stereocenters. The fraction of sp³-hybridized carbons (Fsp3) is 0.105. The van der Waals surface area contributed by atoms with Gasteiger partial charge in [0.05, 0.1) is 5.69 Å². The van der Waals surface area contributed by atoms with Crippen molar-refractivity contribution < 1.29 is 19.1 Å². The van der Waals surface area contributed by atoms with Gasteiger partial charge in [-0.1, -0.05) is 18.2 Å². The Morgan fingerprint density at radius 3 is 2.73 bits per heavy atom. The van der Waals surface area contributed by atoms with E-state index in [1.807, 2.05) is 24.3 Å². The van der Waals surface area contributed by atoms with Gasteiger partial charge in [0.15, 0.2) is 0 Å². The van der Waals surface area contributed by atoms with Crippen molar-refractivity contribution in [3.05, 3.63) is 70.2 Å². The summed E-state index contributed by atoms with van der Waals surface area (Å²) in [6.07, 6.45) is 0.487. The number of para-hydroxylation sites is 1. The molecule has 1 aromatic carbocycles. The van der Waals surface area contributed by atoms with E-state index in [4.69, 9.17) is 4.42 Å². The van der Waals surface area contributed by atoms with E-state index < -0.39 is 5.97 Å². The monoisotopic (exact) mass is 412 g/mol. The van der Waals surface area contributed by atoms with Crippen LogP contribution in [0, 0.1) is 0 Å². The summed E-state index contributed by atoms with van der Waals surface area (Å²) in [7, 11) is 0. The maximum atomic E-state index is 13.0. The lowest BCUT2D eigenvalue weighted by atomic mass is 10.1. The molecule has 0 bridgehead atoms. The number of carbonyl (C=O) groups excluding carboxylic acids is 1. The molecular weight excluding hydrogens is 400 g/mol. The molecule has 6 nitrogen and oxygen atoms in total. The zero-order valence-electron chi connectivity index (χ0n) is 13.5. The molecular formula is C19H13BrN2O4. The first-order valence-electron chi connectivity index (χ1n) is 7.94. The number of carboxylic acid groups (broad SMARTS) is 1. The van der Waals surface area contributed by atoms with Gasteiger partial charge in [0, 0.05) is 17.7 Å². The summed E-state index contributed by atoms with van der Waals surface area (Å²) in [4.78, 5) is 30.2. The molecule has 0 fully saturated rings. The number of anilines is 1. The average molecular weight is 413 g/mol. The Labute approximate surface area is 157 Å². The molecule has 0 spiro atoms. The molecule has 2 aromatic heterocycles. The third kappa shape index (κ3) is 2.80. The number of furan rings is 1. The highest BCUT2D eigenvalue weighted by molar-refractivity contribution is 9.10. The van der Waals surface area contributed by atoms with Gasteiger partial charge in [-0.15, -0.1) is 0 Å². The highest BCUT2D eigenvalue weighted by Crippen LogP contribution is 2.38. The van der Waals surface area contributed by atoms with Gasteiger partial charge in [0.1, 0.15) is 16.1 Å². The third-order valence-electron chi connectivity index (χ3n) is 4.24. The van der Waals surface area contributed by atoms with Crippen LogP contribution in [0.25, 0.3) is 11.3 Å². The summed E-state index contributed by atoms with van der Waals surface area (Å²) in [5.74, 6) is -0.932. The molecule has 0 saturated heterocycles. The summed E-state index contributed by atoms with van der Waals surface area (Å²) in [5, 5.41) is 9.20. The highest BCUT2D eigenvalue weighted by Gasteiger charge is 2.29. The fourth-order valence-corrected chi connectivity index (χ4v) is 3.42. The lowest BCUT2D eigenvalue weighted by Gasteiger charge is -2.22. The normalized spacial score (nSPS) is 12.9. The van der Waals surface area contributed by atoms with E-state index in [-0.39, 0.29) is 11.7 Å². The first-order chi connectivity index (χ1) is 12.5. The van der Waals surface area contributed by atoms with Crippen molar-refractivity contribution in [2.24, 2.45) is 0 Å². The molecule has 0 saturated carbocycles. The molecule has 1 aliphatic heterocycles. The summed E-state index contributed by atoms with van der Waals surface area (Å²) in [5.41, 5.74) is 2.46. The van der Waals surface area contributed by atoms with Crippen LogP contribution in [0.4, 0.5) is 5.69 Å². The van der Waals surface area contributed by atoms with Crippen molar-refractivity contribution in [2.75, 3.05) is 11.4 Å². The number of hydrogen-bond donors (Lipinski definition) is 1. The van der Waals surface area contributed by atoms with Crippen molar-refractivity contribution in [3.63, 3.8) is 0 Å². The van der Waals surface area contributed by atoms with Crippen molar-refractivity contribution in [2.45, 2.75) is 6.42 Å². The minimum Gasteiger partial charge on any atom is -0.475 e. The largest absolute Gasteiger partial charge is 0.475 e. The van der Waals surface area contributed by atoms with Gasteiger partial charge in [0.25, 0.3) is 5.91 Å². The standard InChI is InChI=1S/C19H13BrN2O4/c20-16-7-3-5-13(21-16)18(23)22-9-8-11-10-15(19(24)25)26-17(11)12-4-1-2-6-14(12)22/h1-7,10H,8-9H2,(H,24,25). The van der Waals surface area contributed by atoms with Gasteiger partial charge >= 0.3 is 5.97 Å².